The van der Waals surface area contributed by atoms with Gasteiger partial charge in [-0.1, -0.05) is 55.3 Å². The number of aliphatic hydroxyl groups is 1. The molecule has 1 saturated heterocycles. The average Bonchev–Trinajstić information content (AvgIpc) is 3.40. The fraction of sp³-hybridized carbons (Fsp3) is 0.481. The van der Waals surface area contributed by atoms with Crippen molar-refractivity contribution in [3.05, 3.63) is 65.7 Å². The topological polar surface area (TPSA) is 88.2 Å². The monoisotopic (exact) mass is 449 g/mol. The first kappa shape index (κ1) is 23.3. The number of hydrogen-bond acceptors (Lipinski definition) is 4. The van der Waals surface area contributed by atoms with Gasteiger partial charge in [-0.05, 0) is 48.9 Å². The van der Waals surface area contributed by atoms with Gasteiger partial charge < -0.3 is 20.5 Å². The number of piperidine rings is 1. The van der Waals surface area contributed by atoms with E-state index in [-0.39, 0.29) is 17.9 Å². The molecule has 2 aromatic rings. The predicted molar refractivity (Wildman–Crippen MR) is 130 cm³/mol. The lowest BCUT2D eigenvalue weighted by atomic mass is 9.78. The van der Waals surface area contributed by atoms with E-state index in [1.54, 1.807) is 7.11 Å². The molecule has 0 aromatic heterocycles. The summed E-state index contributed by atoms with van der Waals surface area (Å²) in [5, 5.41) is 11.8. The van der Waals surface area contributed by atoms with Gasteiger partial charge in [0.2, 0.25) is 0 Å². The van der Waals surface area contributed by atoms with E-state index in [1.165, 1.54) is 0 Å². The lowest BCUT2D eigenvalue weighted by Crippen LogP contribution is -2.53. The summed E-state index contributed by atoms with van der Waals surface area (Å²) >= 11 is 0. The molecule has 0 spiro atoms. The zero-order chi connectivity index (χ0) is 23.3. The van der Waals surface area contributed by atoms with Crippen LogP contribution in [0.25, 0.3) is 0 Å². The fourth-order valence-electron chi connectivity index (χ4n) is 5.28. The van der Waals surface area contributed by atoms with E-state index in [9.17, 15) is 9.90 Å². The summed E-state index contributed by atoms with van der Waals surface area (Å²) in [6.07, 6.45) is 5.98. The molecule has 4 rings (SSSR count). The Balaban J connectivity index is 1.40. The Labute approximate surface area is 196 Å². The van der Waals surface area contributed by atoms with Gasteiger partial charge in [0.05, 0.1) is 19.0 Å². The summed E-state index contributed by atoms with van der Waals surface area (Å²) in [5.41, 5.74) is 6.57. The van der Waals surface area contributed by atoms with Crippen LogP contribution in [0.5, 0.6) is 5.75 Å². The molecule has 1 aliphatic heterocycles. The molecule has 0 bridgehead atoms. The number of methoxy groups -OCH3 is 1. The number of carbonyl (C=O) groups excluding carboxylic acids is 1. The number of amides is 1. The van der Waals surface area contributed by atoms with Crippen molar-refractivity contribution in [1.82, 2.24) is 4.90 Å². The van der Waals surface area contributed by atoms with Gasteiger partial charge in [0.25, 0.3) is 5.91 Å². The normalized spacial score (nSPS) is 19.9. The summed E-state index contributed by atoms with van der Waals surface area (Å²) in [4.78, 5) is 20.2. The number of nitrogens with two attached hydrogens (primary N) is 1. The SMILES string of the molecule is COc1cccc(CC(N)=NC2CCN(C(=O)[C@](O)(c3ccccc3)C3CCCC3)CC2)c1. The zero-order valence-corrected chi connectivity index (χ0v) is 19.5. The highest BCUT2D eigenvalue weighted by Crippen LogP contribution is 2.42. The number of amidine groups is 1. The smallest absolute Gasteiger partial charge is 0.259 e. The minimum atomic E-state index is -1.45. The molecule has 0 radical (unpaired) electrons. The van der Waals surface area contributed by atoms with Crippen molar-refractivity contribution in [1.29, 1.82) is 0 Å². The first-order chi connectivity index (χ1) is 16.0. The van der Waals surface area contributed by atoms with Crippen molar-refractivity contribution < 1.29 is 14.6 Å². The maximum atomic E-state index is 13.6. The first-order valence-corrected chi connectivity index (χ1v) is 12.0. The fourth-order valence-corrected chi connectivity index (χ4v) is 5.28. The van der Waals surface area contributed by atoms with Gasteiger partial charge in [0, 0.05) is 25.4 Å². The number of carbonyl (C=O) groups is 1. The third-order valence-corrected chi connectivity index (χ3v) is 7.11. The van der Waals surface area contributed by atoms with E-state index in [0.29, 0.717) is 30.9 Å². The molecule has 1 saturated carbocycles. The summed E-state index contributed by atoms with van der Waals surface area (Å²) < 4.78 is 5.28. The van der Waals surface area contributed by atoms with E-state index in [2.05, 4.69) is 0 Å². The number of nitrogens with zero attached hydrogens (tertiary/aromatic N) is 2. The minimum Gasteiger partial charge on any atom is -0.497 e. The van der Waals surface area contributed by atoms with Gasteiger partial charge in [-0.15, -0.1) is 0 Å². The lowest BCUT2D eigenvalue weighted by molar-refractivity contribution is -0.160. The molecular formula is C27H35N3O3. The molecule has 33 heavy (non-hydrogen) atoms. The third-order valence-electron chi connectivity index (χ3n) is 7.11. The van der Waals surface area contributed by atoms with Crippen molar-refractivity contribution in [3.63, 3.8) is 0 Å². The van der Waals surface area contributed by atoms with Gasteiger partial charge >= 0.3 is 0 Å². The second-order valence-corrected chi connectivity index (χ2v) is 9.29. The van der Waals surface area contributed by atoms with Gasteiger partial charge in [-0.25, -0.2) is 0 Å². The van der Waals surface area contributed by atoms with Gasteiger partial charge in [0.15, 0.2) is 5.60 Å². The van der Waals surface area contributed by atoms with Gasteiger partial charge in [-0.2, -0.15) is 0 Å². The Hall–Kier alpha value is -2.86. The first-order valence-electron chi connectivity index (χ1n) is 12.0. The summed E-state index contributed by atoms with van der Waals surface area (Å²) in [7, 11) is 1.65. The van der Waals surface area contributed by atoms with Crippen LogP contribution >= 0.6 is 0 Å². The second-order valence-electron chi connectivity index (χ2n) is 9.29. The molecule has 1 atom stereocenters. The largest absolute Gasteiger partial charge is 0.497 e. The summed E-state index contributed by atoms with van der Waals surface area (Å²) in [6.45, 7) is 1.17. The van der Waals surface area contributed by atoms with Crippen molar-refractivity contribution in [2.24, 2.45) is 16.6 Å². The molecular weight excluding hydrogens is 414 g/mol. The van der Waals surface area contributed by atoms with Crippen LogP contribution in [0.15, 0.2) is 59.6 Å². The number of hydrogen-bond donors (Lipinski definition) is 2. The van der Waals surface area contributed by atoms with Crippen LogP contribution in [0.2, 0.25) is 0 Å². The Morgan fingerprint density at radius 3 is 2.45 bits per heavy atom. The third kappa shape index (κ3) is 5.22. The van der Waals surface area contributed by atoms with E-state index in [1.807, 2.05) is 59.5 Å². The Kier molecular flexibility index (Phi) is 7.33. The number of ether oxygens (including phenoxy) is 1. The van der Waals surface area contributed by atoms with Crippen LogP contribution < -0.4 is 10.5 Å². The van der Waals surface area contributed by atoms with Crippen LogP contribution in [-0.4, -0.2) is 48.0 Å². The average molecular weight is 450 g/mol. The molecule has 176 valence electrons. The molecule has 0 unspecified atom stereocenters. The molecule has 2 aromatic carbocycles. The van der Waals surface area contributed by atoms with Crippen LogP contribution in [0.3, 0.4) is 0 Å². The quantitative estimate of drug-likeness (QED) is 0.499. The second kappa shape index (κ2) is 10.4. The zero-order valence-electron chi connectivity index (χ0n) is 19.5. The predicted octanol–water partition coefficient (Wildman–Crippen LogP) is 3.66. The molecule has 2 aliphatic rings. The Morgan fingerprint density at radius 2 is 1.79 bits per heavy atom. The highest BCUT2D eigenvalue weighted by atomic mass is 16.5. The molecule has 1 amide bonds. The minimum absolute atomic E-state index is 0.0262. The summed E-state index contributed by atoms with van der Waals surface area (Å²) in [6, 6.07) is 17.4. The van der Waals surface area contributed by atoms with Crippen LogP contribution in [0, 0.1) is 5.92 Å². The number of rotatable bonds is 7. The maximum absolute atomic E-state index is 13.6. The molecule has 6 heteroatoms. The number of benzene rings is 2. The van der Waals surface area contributed by atoms with Crippen molar-refractivity contribution in [3.8, 4) is 5.75 Å². The number of aliphatic imine (C=N–C) groups is 1. The molecule has 6 nitrogen and oxygen atoms in total. The van der Waals surface area contributed by atoms with Crippen LogP contribution in [0.1, 0.15) is 49.7 Å². The standard InChI is InChI=1S/C27H35N3O3/c1-33-24-13-7-8-20(18-24)19-25(28)29-23-14-16-30(17-15-23)26(31)27(32,22-11-5-6-12-22)21-9-3-2-4-10-21/h2-4,7-10,13,18,22-23,32H,5-6,11-12,14-17,19H2,1H3,(H2,28,29)/t27-/m0/s1. The molecule has 2 fully saturated rings. The van der Waals surface area contributed by atoms with Crippen LogP contribution in [-0.2, 0) is 16.8 Å². The Bertz CT molecular complexity index is 964. The van der Waals surface area contributed by atoms with Gasteiger partial charge in [0.1, 0.15) is 5.75 Å². The highest BCUT2D eigenvalue weighted by Gasteiger charge is 2.48. The van der Waals surface area contributed by atoms with Crippen LogP contribution in [0.4, 0.5) is 0 Å². The Morgan fingerprint density at radius 1 is 1.09 bits per heavy atom. The van der Waals surface area contributed by atoms with Crippen molar-refractivity contribution in [2.75, 3.05) is 20.2 Å². The summed E-state index contributed by atoms with van der Waals surface area (Å²) in [5.74, 6) is 1.22. The van der Waals surface area contributed by atoms with Gasteiger partial charge in [-0.3, -0.25) is 9.79 Å². The molecule has 1 heterocycles. The van der Waals surface area contributed by atoms with E-state index in [0.717, 1.165) is 49.8 Å². The highest BCUT2D eigenvalue weighted by molar-refractivity contribution is 5.87. The lowest BCUT2D eigenvalue weighted by Gasteiger charge is -2.40. The van der Waals surface area contributed by atoms with E-state index in [4.69, 9.17) is 15.5 Å². The maximum Gasteiger partial charge on any atom is 0.259 e. The molecule has 3 N–H and O–H groups in total. The van der Waals surface area contributed by atoms with Crippen molar-refractivity contribution >= 4 is 11.7 Å². The molecule has 1 aliphatic carbocycles. The van der Waals surface area contributed by atoms with E-state index >= 15 is 0 Å². The van der Waals surface area contributed by atoms with Crippen molar-refractivity contribution in [2.45, 2.75) is 56.6 Å². The number of likely N-dealkylation sites (tertiary alicyclic amines) is 1. The van der Waals surface area contributed by atoms with E-state index < -0.39 is 5.60 Å².